The average molecular weight is 310 g/mol. The van der Waals surface area contributed by atoms with Gasteiger partial charge in [0.25, 0.3) is 10.1 Å². The highest BCUT2D eigenvalue weighted by Gasteiger charge is 2.23. The first-order valence-corrected chi connectivity index (χ1v) is 6.95. The molecule has 0 saturated carbocycles. The van der Waals surface area contributed by atoms with Gasteiger partial charge in [-0.05, 0) is 17.5 Å². The molecule has 0 heterocycles. The van der Waals surface area contributed by atoms with Gasteiger partial charge in [0.05, 0.1) is 11.1 Å². The summed E-state index contributed by atoms with van der Waals surface area (Å²) in [5.74, 6) is -0.633. The standard InChI is InChI=1S/C11H11N5O4S/c1-14-16-6-3-2-5-4-7(21(18,19)20)10(15-13)11(17)8(5)9(6)12/h2-4,13,17H,12H2,1H3,(H,18,19,20)/i/hD. The number of nitrogen functional groups attached to an aromatic ring is 1. The first-order valence-electron chi connectivity index (χ1n) is 5.96. The Morgan fingerprint density at radius 2 is 2.14 bits per heavy atom. The zero-order chi connectivity index (χ0) is 16.5. The van der Waals surface area contributed by atoms with Crippen molar-refractivity contribution in [2.45, 2.75) is 4.90 Å². The summed E-state index contributed by atoms with van der Waals surface area (Å²) < 4.78 is 38.7. The summed E-state index contributed by atoms with van der Waals surface area (Å²) in [5, 5.41) is 21.1. The second kappa shape index (κ2) is 5.07. The number of aromatic hydroxyl groups is 1. The lowest BCUT2D eigenvalue weighted by molar-refractivity contribution is 0.472. The Hall–Kier alpha value is -2.59. The third-order valence-electron chi connectivity index (χ3n) is 2.82. The van der Waals surface area contributed by atoms with Crippen molar-refractivity contribution in [2.24, 2.45) is 15.3 Å². The van der Waals surface area contributed by atoms with Gasteiger partial charge < -0.3 is 10.8 Å². The number of hydrogen-bond donors (Lipinski definition) is 4. The molecule has 0 spiro atoms. The van der Waals surface area contributed by atoms with Gasteiger partial charge in [-0.3, -0.25) is 4.55 Å². The van der Waals surface area contributed by atoms with Crippen LogP contribution in [0.2, 0.25) is 1.41 Å². The Morgan fingerprint density at radius 1 is 1.43 bits per heavy atom. The Kier molecular flexibility index (Phi) is 3.23. The van der Waals surface area contributed by atoms with Crippen molar-refractivity contribution in [2.75, 3.05) is 12.8 Å². The van der Waals surface area contributed by atoms with Gasteiger partial charge in [-0.2, -0.15) is 23.8 Å². The number of nitrogens with zero attached hydrogens (tertiary/aromatic N) is 3. The van der Waals surface area contributed by atoms with Crippen LogP contribution in [0.4, 0.5) is 17.1 Å². The molecule has 0 fully saturated rings. The number of phenolic OH excluding ortho intramolecular Hbond substituents is 1. The molecule has 5 N–H and O–H groups in total. The summed E-state index contributed by atoms with van der Waals surface area (Å²) in [6.07, 6.45) is 0. The molecule has 0 radical (unpaired) electrons. The molecule has 2 rings (SSSR count). The van der Waals surface area contributed by atoms with E-state index in [1.165, 1.54) is 19.2 Å². The lowest BCUT2D eigenvalue weighted by Gasteiger charge is -2.11. The monoisotopic (exact) mass is 310 g/mol. The van der Waals surface area contributed by atoms with Crippen LogP contribution in [-0.4, -0.2) is 25.1 Å². The number of phenols is 1. The summed E-state index contributed by atoms with van der Waals surface area (Å²) in [7, 11) is -3.25. The van der Waals surface area contributed by atoms with Gasteiger partial charge in [0.2, 0.25) is 1.41 Å². The van der Waals surface area contributed by atoms with Gasteiger partial charge in [0.15, 0.2) is 5.75 Å². The van der Waals surface area contributed by atoms with E-state index < -0.39 is 26.5 Å². The molecule has 21 heavy (non-hydrogen) atoms. The van der Waals surface area contributed by atoms with Crippen molar-refractivity contribution < 1.29 is 19.5 Å². The van der Waals surface area contributed by atoms with Gasteiger partial charge in [0, 0.05) is 7.05 Å². The van der Waals surface area contributed by atoms with Gasteiger partial charge >= 0.3 is 0 Å². The maximum absolute atomic E-state index is 11.4. The quantitative estimate of drug-likeness (QED) is 0.388. The van der Waals surface area contributed by atoms with Crippen molar-refractivity contribution in [1.29, 1.82) is 5.52 Å². The molecule has 0 aliphatic rings. The number of hydrogen-bond acceptors (Lipinski definition) is 8. The highest BCUT2D eigenvalue weighted by atomic mass is 32.2. The third kappa shape index (κ3) is 2.41. The smallest absolute Gasteiger partial charge is 0.296 e. The molecule has 2 aromatic carbocycles. The van der Waals surface area contributed by atoms with Crippen LogP contribution < -0.4 is 5.73 Å². The SMILES string of the molecule is [2H]N=Nc1c(S(=O)(=O)O)cc2ccc(N=NC)c(N)c2c1O. The largest absolute Gasteiger partial charge is 0.505 e. The number of fused-ring (bicyclic) bond motifs is 1. The lowest BCUT2D eigenvalue weighted by Crippen LogP contribution is -1.99. The fourth-order valence-corrected chi connectivity index (χ4v) is 2.60. The normalized spacial score (nSPS) is 13.3. The van der Waals surface area contributed by atoms with Crippen LogP contribution in [0.25, 0.3) is 10.8 Å². The fourth-order valence-electron chi connectivity index (χ4n) is 1.94. The van der Waals surface area contributed by atoms with E-state index in [4.69, 9.17) is 7.15 Å². The minimum atomic E-state index is -4.68. The average Bonchev–Trinajstić information content (AvgIpc) is 2.43. The number of anilines is 1. The second-order valence-electron chi connectivity index (χ2n) is 4.04. The van der Waals surface area contributed by atoms with E-state index in [1.54, 1.807) is 0 Å². The zero-order valence-corrected chi connectivity index (χ0v) is 11.5. The molecule has 0 aromatic heterocycles. The highest BCUT2D eigenvalue weighted by molar-refractivity contribution is 7.86. The maximum atomic E-state index is 11.4. The minimum Gasteiger partial charge on any atom is -0.505 e. The summed E-state index contributed by atoms with van der Waals surface area (Å²) >= 11 is 0. The fraction of sp³-hybridized carbons (Fsp3) is 0.0909. The Labute approximate surface area is 120 Å². The number of benzene rings is 2. The molecule has 0 aliphatic carbocycles. The van der Waals surface area contributed by atoms with Gasteiger partial charge in [-0.25, -0.2) is 5.52 Å². The van der Waals surface area contributed by atoms with E-state index >= 15 is 0 Å². The highest BCUT2D eigenvalue weighted by Crippen LogP contribution is 2.45. The van der Waals surface area contributed by atoms with E-state index in [9.17, 15) is 18.1 Å². The predicted octanol–water partition coefficient (Wildman–Crippen LogP) is 2.75. The summed E-state index contributed by atoms with van der Waals surface area (Å²) in [5.41, 5.74) is 8.30. The van der Waals surface area contributed by atoms with E-state index in [0.717, 1.165) is 6.07 Å². The van der Waals surface area contributed by atoms with Gasteiger partial charge in [0.1, 0.15) is 16.3 Å². The van der Waals surface area contributed by atoms with Crippen LogP contribution in [0.5, 0.6) is 5.75 Å². The maximum Gasteiger partial charge on any atom is 0.296 e. The van der Waals surface area contributed by atoms with E-state index in [0.29, 0.717) is 0 Å². The van der Waals surface area contributed by atoms with E-state index in [2.05, 4.69) is 20.9 Å². The molecule has 0 amide bonds. The topological polar surface area (TPSA) is 162 Å². The number of rotatable bonds is 3. The molecule has 0 unspecified atom stereocenters. The molecule has 110 valence electrons. The first kappa shape index (κ1) is 13.4. The Morgan fingerprint density at radius 3 is 2.71 bits per heavy atom. The van der Waals surface area contributed by atoms with Crippen LogP contribution in [0.15, 0.2) is 38.4 Å². The van der Waals surface area contributed by atoms with Crippen molar-refractivity contribution in [1.82, 2.24) is 0 Å². The first-order chi connectivity index (χ1) is 10.3. The molecule has 0 aliphatic heterocycles. The molecule has 9 nitrogen and oxygen atoms in total. The van der Waals surface area contributed by atoms with Crippen LogP contribution in [0, 0.1) is 5.52 Å². The second-order valence-corrected chi connectivity index (χ2v) is 5.43. The summed E-state index contributed by atoms with van der Waals surface area (Å²) in [6, 6.07) is 3.99. The van der Waals surface area contributed by atoms with Crippen LogP contribution in [0.3, 0.4) is 0 Å². The van der Waals surface area contributed by atoms with Crippen molar-refractivity contribution in [3.05, 3.63) is 18.2 Å². The molecule has 0 bridgehead atoms. The van der Waals surface area contributed by atoms with Gasteiger partial charge in [-0.15, -0.1) is 0 Å². The van der Waals surface area contributed by atoms with E-state index in [1.807, 2.05) is 0 Å². The number of azo groups is 1. The van der Waals surface area contributed by atoms with E-state index in [-0.39, 0.29) is 22.1 Å². The van der Waals surface area contributed by atoms with Crippen LogP contribution in [0.1, 0.15) is 0 Å². The number of nitrogens with two attached hydrogens (primary N) is 1. The summed E-state index contributed by atoms with van der Waals surface area (Å²) in [6.45, 7) is 0. The molecule has 0 saturated heterocycles. The predicted molar refractivity (Wildman–Crippen MR) is 75.1 cm³/mol. The summed E-state index contributed by atoms with van der Waals surface area (Å²) in [4.78, 5) is -0.683. The third-order valence-corrected chi connectivity index (χ3v) is 3.69. The molecule has 2 aromatic rings. The minimum absolute atomic E-state index is 0.0453. The van der Waals surface area contributed by atoms with Crippen LogP contribution >= 0.6 is 0 Å². The molecule has 10 heteroatoms. The van der Waals surface area contributed by atoms with Crippen molar-refractivity contribution in [3.8, 4) is 5.75 Å². The Balaban J connectivity index is 3.00. The zero-order valence-electron chi connectivity index (χ0n) is 11.7. The Bertz CT molecular complexity index is 911. The van der Waals surface area contributed by atoms with Crippen molar-refractivity contribution in [3.63, 3.8) is 0 Å². The molecular formula is C11H11N5O4S. The van der Waals surface area contributed by atoms with Gasteiger partial charge in [-0.1, -0.05) is 6.07 Å². The van der Waals surface area contributed by atoms with Crippen molar-refractivity contribution >= 4 is 38.0 Å². The molecule has 0 atom stereocenters. The number of nitrogens with one attached hydrogen (secondary N) is 1. The van der Waals surface area contributed by atoms with Crippen LogP contribution in [-0.2, 0) is 10.1 Å². The molecular weight excluding hydrogens is 298 g/mol. The lowest BCUT2D eigenvalue weighted by atomic mass is 10.1.